The van der Waals surface area contributed by atoms with Crippen molar-refractivity contribution in [2.24, 2.45) is 0 Å². The average molecular weight is 565 g/mol. The molecule has 0 saturated carbocycles. The van der Waals surface area contributed by atoms with E-state index >= 15 is 0 Å². The number of Topliss-reactive ketones (excluding diaryl/α,β-unsaturated/α-hetero) is 1. The lowest BCUT2D eigenvalue weighted by Crippen LogP contribution is -2.03. The number of epoxide rings is 1. The highest BCUT2D eigenvalue weighted by molar-refractivity contribution is 14.4. The monoisotopic (exact) mass is 565 g/mol. The first kappa shape index (κ1) is 17.4. The summed E-state index contributed by atoms with van der Waals surface area (Å²) in [6.45, 7) is 5.94. The fraction of sp³-hybridized carbons (Fsp3) is 0.889. The molecule has 1 rings (SSSR count). The molecule has 1 fully saturated rings. The van der Waals surface area contributed by atoms with Gasteiger partial charge in [0, 0.05) is 26.7 Å². The summed E-state index contributed by atoms with van der Waals surface area (Å²) in [6, 6.07) is 0. The Morgan fingerprint density at radius 1 is 1.40 bits per heavy atom. The summed E-state index contributed by atoms with van der Waals surface area (Å²) in [6.07, 6.45) is 3.35. The quantitative estimate of drug-likeness (QED) is 0.222. The van der Waals surface area contributed by atoms with Gasteiger partial charge in [0.1, 0.15) is 5.78 Å². The van der Waals surface area contributed by atoms with E-state index in [2.05, 4.69) is 79.4 Å². The van der Waals surface area contributed by atoms with Crippen LogP contribution in [0.25, 0.3) is 0 Å². The van der Waals surface area contributed by atoms with Crippen LogP contribution < -0.4 is 0 Å². The summed E-state index contributed by atoms with van der Waals surface area (Å²) in [4.78, 5) is 10.6. The van der Waals surface area contributed by atoms with E-state index in [1.54, 1.807) is 6.92 Å². The van der Waals surface area contributed by atoms with Gasteiger partial charge in [-0.3, -0.25) is 0 Å². The Kier molecular flexibility index (Phi) is 9.78. The molecular weight excluding hydrogens is 548 g/mol. The molecule has 1 atom stereocenters. The van der Waals surface area contributed by atoms with E-state index in [1.807, 2.05) is 0 Å². The Balaban J connectivity index is 0.000000423. The molecular formula is C9H17AlI3O2. The third-order valence-corrected chi connectivity index (χ3v) is 2.24. The summed E-state index contributed by atoms with van der Waals surface area (Å²) in [5, 5.41) is 0. The van der Waals surface area contributed by atoms with Gasteiger partial charge in [0.2, 0.25) is 16.0 Å². The standard InChI is InChI=1S/C9H16O2.Al.3HI/c1-7(10)5-4-6-8-9(2,3)11-8;;;;/h8H,4-6H2,1-3H3;;3*1H/q;+2;;;/p-2. The normalized spacial score (nSPS) is 21.9. The minimum atomic E-state index is -0.229. The van der Waals surface area contributed by atoms with Gasteiger partial charge < -0.3 is 70.4 Å². The zero-order valence-electron chi connectivity index (χ0n) is 9.27. The largest absolute Gasteiger partial charge is 0.415 e. The van der Waals surface area contributed by atoms with Crippen LogP contribution in [0.3, 0.4) is 0 Å². The van der Waals surface area contributed by atoms with Crippen LogP contribution in [-0.4, -0.2) is 26.5 Å². The molecule has 0 bridgehead atoms. The van der Waals surface area contributed by atoms with Crippen molar-refractivity contribution in [3.05, 3.63) is 0 Å². The highest BCUT2D eigenvalue weighted by Gasteiger charge is 2.55. The first-order valence-electron chi connectivity index (χ1n) is 4.89. The number of carbonyl (C=O) groups is 1. The maximum Gasteiger partial charge on any atom is 0.231 e. The van der Waals surface area contributed by atoms with Gasteiger partial charge in [0.25, 0.3) is 0 Å². The number of halogens is 3. The molecule has 6 heteroatoms. The van der Waals surface area contributed by atoms with E-state index in [1.165, 1.54) is 0 Å². The predicted molar refractivity (Wildman–Crippen MR) is 92.4 cm³/mol. The molecule has 0 aromatic carbocycles. The van der Waals surface area contributed by atoms with Gasteiger partial charge in [0.05, 0.1) is 0 Å². The van der Waals surface area contributed by atoms with Crippen molar-refractivity contribution in [2.45, 2.75) is 51.7 Å². The Hall–Kier alpha value is 2.35. The second-order valence-corrected chi connectivity index (χ2v) is 37.3. The topological polar surface area (TPSA) is 29.9 Å². The van der Waals surface area contributed by atoms with Crippen LogP contribution >= 0.6 is 60.8 Å². The van der Waals surface area contributed by atoms with Crippen molar-refractivity contribution in [1.82, 2.24) is 0 Å². The van der Waals surface area contributed by atoms with Crippen LogP contribution in [0.4, 0.5) is 0 Å². The molecule has 0 aliphatic carbocycles. The van der Waals surface area contributed by atoms with E-state index in [0.717, 1.165) is 19.3 Å². The van der Waals surface area contributed by atoms with Crippen LogP contribution in [0.15, 0.2) is 0 Å². The molecule has 0 aromatic rings. The summed E-state index contributed by atoms with van der Waals surface area (Å²) in [5.41, 5.74) is 0.219. The third-order valence-electron chi connectivity index (χ3n) is 2.24. The van der Waals surface area contributed by atoms with Crippen molar-refractivity contribution in [1.29, 1.82) is 0 Å². The molecule has 1 unspecified atom stereocenters. The number of hydrogen-bond donors (Lipinski definition) is 0. The molecule has 1 aliphatic heterocycles. The SMILES string of the molecule is CC(=O)CCCC1[OH+]C1(C)C.[I][Al-]([I])[I]. The zero-order chi connectivity index (χ0) is 12.1. The molecule has 0 aromatic heterocycles. The lowest BCUT2D eigenvalue weighted by molar-refractivity contribution is -0.117. The van der Waals surface area contributed by atoms with E-state index in [9.17, 15) is 4.79 Å². The van der Waals surface area contributed by atoms with Crippen LogP contribution in [-0.2, 0) is 4.79 Å². The van der Waals surface area contributed by atoms with E-state index in [-0.39, 0.29) is 9.90 Å². The fourth-order valence-corrected chi connectivity index (χ4v) is 1.33. The zero-order valence-corrected chi connectivity index (χ0v) is 16.9. The van der Waals surface area contributed by atoms with Crippen molar-refractivity contribution >= 4 is 70.9 Å². The van der Waals surface area contributed by atoms with Crippen LogP contribution in [0.5, 0.6) is 0 Å². The Labute approximate surface area is 130 Å². The Morgan fingerprint density at radius 2 is 1.80 bits per heavy atom. The van der Waals surface area contributed by atoms with Crippen molar-refractivity contribution < 1.29 is 9.53 Å². The smallest absolute Gasteiger partial charge is 0.231 e. The molecule has 0 spiro atoms. The van der Waals surface area contributed by atoms with Gasteiger partial charge in [-0.2, -0.15) is 0 Å². The predicted octanol–water partition coefficient (Wildman–Crippen LogP) is 3.71. The lowest BCUT2D eigenvalue weighted by Gasteiger charge is -1.90. The maximum atomic E-state index is 10.6. The molecule has 1 radical (unpaired) electrons. The van der Waals surface area contributed by atoms with Gasteiger partial charge >= 0.3 is 0 Å². The Bertz CT molecular complexity index is 207. The maximum absolute atomic E-state index is 10.6. The fourth-order valence-electron chi connectivity index (χ4n) is 1.33. The van der Waals surface area contributed by atoms with Gasteiger partial charge in [-0.05, 0) is 13.3 Å². The molecule has 0 amide bonds. The van der Waals surface area contributed by atoms with Gasteiger partial charge in [-0.15, -0.1) is 0 Å². The number of carbonyl (C=O) groups excluding carboxylic acids is 1. The molecule has 1 N–H and O–H groups in total. The average Bonchev–Trinajstić information content (AvgIpc) is 2.56. The molecule has 1 aliphatic rings. The molecule has 1 saturated heterocycles. The third kappa shape index (κ3) is 11.2. The van der Waals surface area contributed by atoms with Gasteiger partial charge in [-0.25, -0.2) is 0 Å². The first-order valence-corrected chi connectivity index (χ1v) is 17.4. The van der Waals surface area contributed by atoms with Crippen molar-refractivity contribution in [3.63, 3.8) is 0 Å². The summed E-state index contributed by atoms with van der Waals surface area (Å²) in [5.74, 6) is 0.295. The summed E-state index contributed by atoms with van der Waals surface area (Å²) < 4.78 is 4.14. The van der Waals surface area contributed by atoms with Crippen LogP contribution in [0.1, 0.15) is 40.0 Å². The van der Waals surface area contributed by atoms with Gasteiger partial charge in [0.15, 0.2) is 0 Å². The number of hydrogen-bond acceptors (Lipinski definition) is 1. The Morgan fingerprint density at radius 3 is 2.07 bits per heavy atom. The summed E-state index contributed by atoms with van der Waals surface area (Å²) >= 11 is 7.37. The van der Waals surface area contributed by atoms with Crippen molar-refractivity contribution in [2.75, 3.05) is 0 Å². The highest BCUT2D eigenvalue weighted by Crippen LogP contribution is 2.34. The molecule has 2 nitrogen and oxygen atoms in total. The number of ether oxygens (including phenoxy) is 1. The van der Waals surface area contributed by atoms with Crippen LogP contribution in [0.2, 0.25) is 0 Å². The summed E-state index contributed by atoms with van der Waals surface area (Å²) in [7, 11) is 0. The highest BCUT2D eigenvalue weighted by atomic mass is 127. The number of ketones is 1. The van der Waals surface area contributed by atoms with E-state index in [0.29, 0.717) is 11.9 Å². The first-order chi connectivity index (χ1) is 6.75. The second kappa shape index (κ2) is 8.45. The number of aliphatic hydroxyl groups is 2. The minimum Gasteiger partial charge on any atom is -0.415 e. The lowest BCUT2D eigenvalue weighted by atomic mass is 10.0. The van der Waals surface area contributed by atoms with E-state index < -0.39 is 0 Å². The van der Waals surface area contributed by atoms with Crippen LogP contribution in [0, 0.1) is 0 Å². The van der Waals surface area contributed by atoms with Gasteiger partial charge in [-0.1, -0.05) is 0 Å². The number of rotatable bonds is 4. The van der Waals surface area contributed by atoms with Crippen molar-refractivity contribution in [3.8, 4) is 0 Å². The van der Waals surface area contributed by atoms with E-state index in [4.69, 9.17) is 0 Å². The molecule has 15 heavy (non-hydrogen) atoms. The molecule has 1 heterocycles. The minimum absolute atomic E-state index is 0.219. The second-order valence-electron chi connectivity index (χ2n) is 4.14. The molecule has 89 valence electrons.